The van der Waals surface area contributed by atoms with Gasteiger partial charge in [-0.3, -0.25) is 4.79 Å². The lowest BCUT2D eigenvalue weighted by Gasteiger charge is -2.26. The van der Waals surface area contributed by atoms with E-state index in [1.54, 1.807) is 0 Å². The van der Waals surface area contributed by atoms with E-state index in [1.165, 1.54) is 0 Å². The monoisotopic (exact) mass is 256 g/mol. The van der Waals surface area contributed by atoms with E-state index in [4.69, 9.17) is 4.74 Å². The normalized spacial score (nSPS) is 23.7. The van der Waals surface area contributed by atoms with Gasteiger partial charge in [0, 0.05) is 19.5 Å². The van der Waals surface area contributed by atoms with E-state index in [-0.39, 0.29) is 11.3 Å². The van der Waals surface area contributed by atoms with Crippen molar-refractivity contribution >= 4 is 12.0 Å². The van der Waals surface area contributed by atoms with E-state index in [1.807, 2.05) is 20.8 Å². The van der Waals surface area contributed by atoms with E-state index >= 15 is 0 Å². The van der Waals surface area contributed by atoms with Crippen LogP contribution < -0.4 is 10.6 Å². The minimum absolute atomic E-state index is 0.00784. The van der Waals surface area contributed by atoms with Gasteiger partial charge in [-0.25, -0.2) is 4.79 Å². The van der Waals surface area contributed by atoms with Crippen LogP contribution in [0.2, 0.25) is 0 Å². The molecule has 2 N–H and O–H groups in total. The lowest BCUT2D eigenvalue weighted by molar-refractivity contribution is -0.119. The molecule has 1 aliphatic heterocycles. The second-order valence-electron chi connectivity index (χ2n) is 5.99. The van der Waals surface area contributed by atoms with Gasteiger partial charge in [0.05, 0.1) is 0 Å². The highest BCUT2D eigenvalue weighted by molar-refractivity contribution is 5.79. The molecule has 18 heavy (non-hydrogen) atoms. The van der Waals surface area contributed by atoms with E-state index in [0.29, 0.717) is 19.5 Å². The number of amides is 2. The first kappa shape index (κ1) is 14.8. The summed E-state index contributed by atoms with van der Waals surface area (Å²) in [6.07, 6.45) is 1.88. The van der Waals surface area contributed by atoms with Gasteiger partial charge in [0.15, 0.2) is 0 Å². The van der Waals surface area contributed by atoms with Gasteiger partial charge in [0.25, 0.3) is 0 Å². The highest BCUT2D eigenvalue weighted by Gasteiger charge is 2.36. The molecule has 0 aromatic carbocycles. The van der Waals surface area contributed by atoms with Crippen molar-refractivity contribution in [3.63, 3.8) is 0 Å². The van der Waals surface area contributed by atoms with Crippen LogP contribution in [0.1, 0.15) is 47.0 Å². The number of hydrogen-bond acceptors (Lipinski definition) is 3. The first-order valence-corrected chi connectivity index (χ1v) is 6.50. The van der Waals surface area contributed by atoms with Crippen LogP contribution in [0.15, 0.2) is 0 Å². The van der Waals surface area contributed by atoms with Crippen LogP contribution in [0.5, 0.6) is 0 Å². The average molecular weight is 256 g/mol. The number of rotatable bonds is 4. The first-order chi connectivity index (χ1) is 8.26. The summed E-state index contributed by atoms with van der Waals surface area (Å²) >= 11 is 0. The number of ether oxygens (including phenoxy) is 1. The molecule has 2 amide bonds. The third kappa shape index (κ3) is 4.55. The van der Waals surface area contributed by atoms with Crippen LogP contribution in [0.25, 0.3) is 0 Å². The molecule has 0 aliphatic carbocycles. The molecule has 0 spiro atoms. The molecule has 1 unspecified atom stereocenters. The molecule has 1 saturated heterocycles. The van der Waals surface area contributed by atoms with Crippen molar-refractivity contribution in [3.05, 3.63) is 0 Å². The van der Waals surface area contributed by atoms with Crippen LogP contribution in [0, 0.1) is 5.41 Å². The van der Waals surface area contributed by atoms with Crippen LogP contribution >= 0.6 is 0 Å². The second-order valence-corrected chi connectivity index (χ2v) is 5.99. The van der Waals surface area contributed by atoms with Gasteiger partial charge in [-0.05, 0) is 39.0 Å². The quantitative estimate of drug-likeness (QED) is 0.806. The summed E-state index contributed by atoms with van der Waals surface area (Å²) in [5.74, 6) is 0.106. The van der Waals surface area contributed by atoms with Crippen LogP contribution in [-0.4, -0.2) is 30.7 Å². The number of hydrogen-bond donors (Lipinski definition) is 2. The number of nitrogens with one attached hydrogen (secondary N) is 2. The minimum atomic E-state index is -0.475. The molecular formula is C13H24N2O3. The minimum Gasteiger partial charge on any atom is -0.444 e. The molecular weight excluding hydrogens is 232 g/mol. The van der Waals surface area contributed by atoms with Crippen LogP contribution in [-0.2, 0) is 9.53 Å². The zero-order valence-corrected chi connectivity index (χ0v) is 11.8. The van der Waals surface area contributed by atoms with Crippen molar-refractivity contribution < 1.29 is 14.3 Å². The SMILES string of the molecule is CCC1(CCNC(=O)OC(C)(C)C)CNC(=O)C1. The Bertz CT molecular complexity index is 323. The Morgan fingerprint density at radius 1 is 1.50 bits per heavy atom. The Balaban J connectivity index is 2.32. The summed E-state index contributed by atoms with van der Waals surface area (Å²) in [4.78, 5) is 22.8. The largest absolute Gasteiger partial charge is 0.444 e. The third-order valence-electron chi connectivity index (χ3n) is 3.27. The Hall–Kier alpha value is -1.26. The fraction of sp³-hybridized carbons (Fsp3) is 0.846. The Morgan fingerprint density at radius 3 is 2.61 bits per heavy atom. The highest BCUT2D eigenvalue weighted by atomic mass is 16.6. The Labute approximate surface area is 109 Å². The zero-order valence-electron chi connectivity index (χ0n) is 11.8. The summed E-state index contributed by atoms with van der Waals surface area (Å²) in [6.45, 7) is 8.82. The Morgan fingerprint density at radius 2 is 2.17 bits per heavy atom. The van der Waals surface area contributed by atoms with Crippen LogP contribution in [0.3, 0.4) is 0 Å². The Kier molecular flexibility index (Phi) is 4.59. The molecule has 0 saturated carbocycles. The molecule has 1 aliphatic rings. The van der Waals surface area contributed by atoms with Crippen molar-refractivity contribution in [2.45, 2.75) is 52.6 Å². The van der Waals surface area contributed by atoms with Crippen molar-refractivity contribution in [3.8, 4) is 0 Å². The van der Waals surface area contributed by atoms with Crippen molar-refractivity contribution in [2.24, 2.45) is 5.41 Å². The molecule has 1 heterocycles. The van der Waals surface area contributed by atoms with Crippen LogP contribution in [0.4, 0.5) is 4.79 Å². The molecule has 1 atom stereocenters. The average Bonchev–Trinajstić information content (AvgIpc) is 2.58. The van der Waals surface area contributed by atoms with E-state index in [0.717, 1.165) is 12.8 Å². The maximum absolute atomic E-state index is 11.5. The van der Waals surface area contributed by atoms with Crippen molar-refractivity contribution in [2.75, 3.05) is 13.1 Å². The molecule has 1 fully saturated rings. The molecule has 0 aromatic heterocycles. The predicted octanol–water partition coefficient (Wildman–Crippen LogP) is 1.82. The lowest BCUT2D eigenvalue weighted by Crippen LogP contribution is -2.35. The van der Waals surface area contributed by atoms with Gasteiger partial charge in [-0.15, -0.1) is 0 Å². The van der Waals surface area contributed by atoms with E-state index < -0.39 is 11.7 Å². The molecule has 5 heteroatoms. The van der Waals surface area contributed by atoms with Gasteiger partial charge in [0.1, 0.15) is 5.60 Å². The molecule has 0 bridgehead atoms. The fourth-order valence-electron chi connectivity index (χ4n) is 2.10. The maximum atomic E-state index is 11.5. The molecule has 0 aromatic rings. The molecule has 1 rings (SSSR count). The highest BCUT2D eigenvalue weighted by Crippen LogP contribution is 2.33. The number of carbonyl (C=O) groups is 2. The number of carbonyl (C=O) groups excluding carboxylic acids is 2. The third-order valence-corrected chi connectivity index (χ3v) is 3.27. The van der Waals surface area contributed by atoms with Gasteiger partial charge in [-0.2, -0.15) is 0 Å². The van der Waals surface area contributed by atoms with Gasteiger partial charge in [0.2, 0.25) is 5.91 Å². The topological polar surface area (TPSA) is 67.4 Å². The van der Waals surface area contributed by atoms with Crippen molar-refractivity contribution in [1.82, 2.24) is 10.6 Å². The summed E-state index contributed by atoms with van der Waals surface area (Å²) in [5, 5.41) is 5.59. The summed E-state index contributed by atoms with van der Waals surface area (Å²) in [7, 11) is 0. The standard InChI is InChI=1S/C13H24N2O3/c1-5-13(8-10(16)15-9-13)6-7-14-11(17)18-12(2,3)4/h5-9H2,1-4H3,(H,14,17)(H,15,16). The van der Waals surface area contributed by atoms with Gasteiger partial charge < -0.3 is 15.4 Å². The summed E-state index contributed by atoms with van der Waals surface area (Å²) in [6, 6.07) is 0. The van der Waals surface area contributed by atoms with Gasteiger partial charge >= 0.3 is 6.09 Å². The fourth-order valence-corrected chi connectivity index (χ4v) is 2.10. The smallest absolute Gasteiger partial charge is 0.407 e. The molecule has 104 valence electrons. The summed E-state index contributed by atoms with van der Waals surface area (Å²) < 4.78 is 5.16. The molecule has 5 nitrogen and oxygen atoms in total. The van der Waals surface area contributed by atoms with E-state index in [2.05, 4.69) is 17.6 Å². The van der Waals surface area contributed by atoms with E-state index in [9.17, 15) is 9.59 Å². The maximum Gasteiger partial charge on any atom is 0.407 e. The zero-order chi connectivity index (χ0) is 13.8. The molecule has 0 radical (unpaired) electrons. The first-order valence-electron chi connectivity index (χ1n) is 6.50. The number of alkyl carbamates (subject to hydrolysis) is 1. The lowest BCUT2D eigenvalue weighted by atomic mass is 9.81. The predicted molar refractivity (Wildman–Crippen MR) is 69.2 cm³/mol. The summed E-state index contributed by atoms with van der Waals surface area (Å²) in [5.41, 5.74) is -0.483. The van der Waals surface area contributed by atoms with Gasteiger partial charge in [-0.1, -0.05) is 6.92 Å². The van der Waals surface area contributed by atoms with Crippen molar-refractivity contribution in [1.29, 1.82) is 0 Å². The second kappa shape index (κ2) is 5.59.